The Balaban J connectivity index is 1.91. The molecule has 1 saturated heterocycles. The lowest BCUT2D eigenvalue weighted by molar-refractivity contribution is -0.0145. The number of carbonyl (C=O) groups excluding carboxylic acids is 1. The van der Waals surface area contributed by atoms with Crippen LogP contribution in [0, 0.1) is 6.92 Å². The lowest BCUT2D eigenvalue weighted by Gasteiger charge is -2.39. The summed E-state index contributed by atoms with van der Waals surface area (Å²) in [5.74, 6) is 0. The van der Waals surface area contributed by atoms with E-state index >= 15 is 0 Å². The summed E-state index contributed by atoms with van der Waals surface area (Å²) in [7, 11) is 0. The van der Waals surface area contributed by atoms with Gasteiger partial charge in [0.15, 0.2) is 0 Å². The second kappa shape index (κ2) is 6.75. The number of aryl methyl sites for hydroxylation is 1. The fraction of sp³-hybridized carbons (Fsp3) is 0.733. The number of hydrogen-bond donors (Lipinski definition) is 1. The predicted molar refractivity (Wildman–Crippen MR) is 84.6 cm³/mol. The average molecular weight is 311 g/mol. The van der Waals surface area contributed by atoms with Crippen molar-refractivity contribution in [2.24, 2.45) is 0 Å². The van der Waals surface area contributed by atoms with E-state index in [9.17, 15) is 9.90 Å². The third-order valence-corrected chi connectivity index (χ3v) is 5.11. The maximum Gasteiger partial charge on any atom is 0.319 e. The summed E-state index contributed by atoms with van der Waals surface area (Å²) < 4.78 is 0. The summed E-state index contributed by atoms with van der Waals surface area (Å²) in [5, 5.41) is 13.7. The van der Waals surface area contributed by atoms with Gasteiger partial charge in [0.25, 0.3) is 0 Å². The molecule has 0 bridgehead atoms. The highest BCUT2D eigenvalue weighted by Crippen LogP contribution is 2.28. The molecule has 2 rings (SSSR count). The lowest BCUT2D eigenvalue weighted by Crippen LogP contribution is -2.51. The molecule has 0 saturated carbocycles. The summed E-state index contributed by atoms with van der Waals surface area (Å²) in [6.07, 6.45) is 1.84. The molecule has 1 aromatic heterocycles. The van der Waals surface area contributed by atoms with E-state index in [0.29, 0.717) is 32.4 Å². The van der Waals surface area contributed by atoms with Crippen LogP contribution in [0.15, 0.2) is 5.38 Å². The van der Waals surface area contributed by atoms with E-state index in [1.807, 2.05) is 36.0 Å². The molecule has 1 fully saturated rings. The molecule has 2 heterocycles. The summed E-state index contributed by atoms with van der Waals surface area (Å²) in [5.41, 5.74) is 0.289. The van der Waals surface area contributed by atoms with Gasteiger partial charge in [-0.05, 0) is 33.6 Å². The van der Waals surface area contributed by atoms with Crippen LogP contribution in [-0.2, 0) is 6.42 Å². The van der Waals surface area contributed by atoms with Crippen molar-refractivity contribution < 1.29 is 9.90 Å². The molecular weight excluding hydrogens is 286 g/mol. The van der Waals surface area contributed by atoms with Gasteiger partial charge >= 0.3 is 6.03 Å². The van der Waals surface area contributed by atoms with Crippen molar-refractivity contribution in [1.29, 1.82) is 0 Å². The van der Waals surface area contributed by atoms with E-state index in [-0.39, 0.29) is 6.03 Å². The highest BCUT2D eigenvalue weighted by atomic mass is 32.1. The fourth-order valence-electron chi connectivity index (χ4n) is 2.75. The number of urea groups is 1. The second-order valence-electron chi connectivity index (χ2n) is 5.73. The minimum atomic E-state index is -0.718. The Morgan fingerprint density at radius 3 is 2.52 bits per heavy atom. The fourth-order valence-corrected chi connectivity index (χ4v) is 3.66. The zero-order valence-corrected chi connectivity index (χ0v) is 13.9. The van der Waals surface area contributed by atoms with Crippen molar-refractivity contribution >= 4 is 17.4 Å². The number of nitrogens with zero attached hydrogens (tertiary/aromatic N) is 3. The minimum absolute atomic E-state index is 0.0899. The van der Waals surface area contributed by atoms with Crippen LogP contribution in [0.25, 0.3) is 0 Å². The van der Waals surface area contributed by atoms with Crippen LogP contribution >= 0.6 is 11.3 Å². The molecule has 0 atom stereocenters. The Kier molecular flexibility index (Phi) is 5.22. The van der Waals surface area contributed by atoms with Crippen molar-refractivity contribution in [2.75, 3.05) is 26.2 Å². The van der Waals surface area contributed by atoms with E-state index in [1.165, 1.54) is 0 Å². The minimum Gasteiger partial charge on any atom is -0.389 e. The molecule has 0 spiro atoms. The third kappa shape index (κ3) is 3.95. The molecule has 2 amide bonds. The molecule has 0 unspecified atom stereocenters. The van der Waals surface area contributed by atoms with Crippen LogP contribution in [0.5, 0.6) is 0 Å². The summed E-state index contributed by atoms with van der Waals surface area (Å²) >= 11 is 1.60. The molecule has 0 aromatic carbocycles. The molecule has 5 nitrogen and oxygen atoms in total. The Bertz CT molecular complexity index is 477. The van der Waals surface area contributed by atoms with Crippen molar-refractivity contribution in [1.82, 2.24) is 14.8 Å². The second-order valence-corrected chi connectivity index (χ2v) is 6.67. The van der Waals surface area contributed by atoms with Gasteiger partial charge in [0.1, 0.15) is 0 Å². The van der Waals surface area contributed by atoms with Gasteiger partial charge in [-0.25, -0.2) is 9.78 Å². The van der Waals surface area contributed by atoms with Gasteiger partial charge in [-0.3, -0.25) is 0 Å². The lowest BCUT2D eigenvalue weighted by atomic mass is 9.88. The molecule has 1 aliphatic rings. The van der Waals surface area contributed by atoms with Gasteiger partial charge in [-0.2, -0.15) is 0 Å². The maximum atomic E-state index is 12.3. The number of piperidine rings is 1. The van der Waals surface area contributed by atoms with Gasteiger partial charge < -0.3 is 14.9 Å². The quantitative estimate of drug-likeness (QED) is 0.928. The number of likely N-dealkylation sites (tertiary alicyclic amines) is 1. The van der Waals surface area contributed by atoms with Crippen molar-refractivity contribution in [3.63, 3.8) is 0 Å². The first-order valence-corrected chi connectivity index (χ1v) is 8.52. The van der Waals surface area contributed by atoms with Crippen LogP contribution in [0.3, 0.4) is 0 Å². The van der Waals surface area contributed by atoms with E-state index in [2.05, 4.69) is 4.98 Å². The first-order chi connectivity index (χ1) is 9.97. The molecule has 6 heteroatoms. The molecule has 118 valence electrons. The summed E-state index contributed by atoms with van der Waals surface area (Å²) in [6, 6.07) is 0.0899. The molecule has 1 aromatic rings. The van der Waals surface area contributed by atoms with Crippen molar-refractivity contribution in [3.8, 4) is 0 Å². The number of amides is 2. The summed E-state index contributed by atoms with van der Waals surface area (Å²) in [6.45, 7) is 8.66. The number of rotatable bonds is 4. The first-order valence-electron chi connectivity index (χ1n) is 7.64. The highest BCUT2D eigenvalue weighted by molar-refractivity contribution is 7.09. The van der Waals surface area contributed by atoms with Crippen LogP contribution in [0.4, 0.5) is 4.79 Å². The first kappa shape index (κ1) is 16.2. The van der Waals surface area contributed by atoms with Crippen LogP contribution in [0.2, 0.25) is 0 Å². The SMILES string of the molecule is CCN(CC)C(=O)N1CCC(O)(Cc2nc(C)cs2)CC1. The number of aliphatic hydroxyl groups is 1. The van der Waals surface area contributed by atoms with Gasteiger partial charge in [0.2, 0.25) is 0 Å². The van der Waals surface area contributed by atoms with Gasteiger partial charge in [-0.15, -0.1) is 11.3 Å². The number of thiazole rings is 1. The van der Waals surface area contributed by atoms with E-state index < -0.39 is 5.60 Å². The van der Waals surface area contributed by atoms with E-state index in [0.717, 1.165) is 23.8 Å². The molecule has 1 N–H and O–H groups in total. The molecule has 21 heavy (non-hydrogen) atoms. The number of aromatic nitrogens is 1. The van der Waals surface area contributed by atoms with Crippen LogP contribution in [-0.4, -0.2) is 57.7 Å². The number of hydrogen-bond acceptors (Lipinski definition) is 4. The maximum absolute atomic E-state index is 12.3. The summed E-state index contributed by atoms with van der Waals surface area (Å²) in [4.78, 5) is 20.4. The number of carbonyl (C=O) groups is 1. The molecule has 0 aliphatic carbocycles. The zero-order chi connectivity index (χ0) is 15.5. The standard InChI is InChI=1S/C15H25N3O2S/c1-4-17(5-2)14(19)18-8-6-15(20,7-9-18)10-13-16-12(3)11-21-13/h11,20H,4-10H2,1-3H3. The normalized spacial score (nSPS) is 17.8. The zero-order valence-electron chi connectivity index (χ0n) is 13.1. The largest absolute Gasteiger partial charge is 0.389 e. The van der Waals surface area contributed by atoms with Gasteiger partial charge in [-0.1, -0.05) is 0 Å². The van der Waals surface area contributed by atoms with Crippen LogP contribution in [0.1, 0.15) is 37.4 Å². The Morgan fingerprint density at radius 2 is 2.05 bits per heavy atom. The van der Waals surface area contributed by atoms with Crippen LogP contribution < -0.4 is 0 Å². The van der Waals surface area contributed by atoms with E-state index in [1.54, 1.807) is 11.3 Å². The predicted octanol–water partition coefficient (Wildman–Crippen LogP) is 2.28. The van der Waals surface area contributed by atoms with Crippen molar-refractivity contribution in [2.45, 2.75) is 45.6 Å². The third-order valence-electron chi connectivity index (χ3n) is 4.15. The molecular formula is C15H25N3O2S. The topological polar surface area (TPSA) is 56.7 Å². The van der Waals surface area contributed by atoms with Gasteiger partial charge in [0, 0.05) is 43.7 Å². The van der Waals surface area contributed by atoms with E-state index in [4.69, 9.17) is 0 Å². The Hall–Kier alpha value is -1.14. The Labute approximate surface area is 130 Å². The van der Waals surface area contributed by atoms with Gasteiger partial charge in [0.05, 0.1) is 10.6 Å². The monoisotopic (exact) mass is 311 g/mol. The molecule has 1 aliphatic heterocycles. The van der Waals surface area contributed by atoms with Crippen molar-refractivity contribution in [3.05, 3.63) is 16.1 Å². The smallest absolute Gasteiger partial charge is 0.319 e. The molecule has 0 radical (unpaired) electrons. The highest BCUT2D eigenvalue weighted by Gasteiger charge is 2.35. The Morgan fingerprint density at radius 1 is 1.43 bits per heavy atom. The average Bonchev–Trinajstić information content (AvgIpc) is 2.85.